The lowest BCUT2D eigenvalue weighted by Gasteiger charge is -2.18. The van der Waals surface area contributed by atoms with E-state index >= 15 is 0 Å². The van der Waals surface area contributed by atoms with Crippen LogP contribution in [0.5, 0.6) is 0 Å². The van der Waals surface area contributed by atoms with Crippen LogP contribution >= 0.6 is 0 Å². The molecule has 8 heteroatoms. The fraction of sp³-hybridized carbons (Fsp3) is 0.286. The standard InChI is InChI=1S/C21H20F2N2O4/c1-12-3-6-16(7-4-12)25-11-14(9-19(25)26)21(28)29-13(2)20(27)24-18-10-15(22)5-8-17(18)23/h3-8,10,13-14H,9,11H2,1-2H3,(H,24,27)/t13-,14+/m0/s1. The third kappa shape index (κ3) is 4.77. The van der Waals surface area contributed by atoms with Gasteiger partial charge in [-0.25, -0.2) is 8.78 Å². The van der Waals surface area contributed by atoms with Gasteiger partial charge in [-0.05, 0) is 38.1 Å². The number of benzene rings is 2. The first-order valence-electron chi connectivity index (χ1n) is 9.08. The highest BCUT2D eigenvalue weighted by Crippen LogP contribution is 2.26. The Kier molecular flexibility index (Phi) is 5.91. The number of carbonyl (C=O) groups excluding carboxylic acids is 3. The zero-order valence-electron chi connectivity index (χ0n) is 15.9. The lowest BCUT2D eigenvalue weighted by atomic mass is 10.1. The summed E-state index contributed by atoms with van der Waals surface area (Å²) in [5.41, 5.74) is 1.38. The summed E-state index contributed by atoms with van der Waals surface area (Å²) in [4.78, 5) is 38.3. The van der Waals surface area contributed by atoms with Gasteiger partial charge in [0.2, 0.25) is 5.91 Å². The van der Waals surface area contributed by atoms with E-state index in [2.05, 4.69) is 5.32 Å². The Hall–Kier alpha value is -3.29. The van der Waals surface area contributed by atoms with Crippen LogP contribution in [0.2, 0.25) is 0 Å². The summed E-state index contributed by atoms with van der Waals surface area (Å²) >= 11 is 0. The fourth-order valence-corrected chi connectivity index (χ4v) is 2.99. The summed E-state index contributed by atoms with van der Waals surface area (Å²) in [5.74, 6) is -3.96. The molecular formula is C21H20F2N2O4. The molecule has 3 rings (SSSR count). The molecule has 0 radical (unpaired) electrons. The van der Waals surface area contributed by atoms with E-state index in [4.69, 9.17) is 4.74 Å². The first-order valence-corrected chi connectivity index (χ1v) is 9.08. The minimum atomic E-state index is -1.24. The van der Waals surface area contributed by atoms with E-state index in [1.54, 1.807) is 12.1 Å². The second-order valence-corrected chi connectivity index (χ2v) is 6.93. The molecule has 0 aliphatic carbocycles. The number of aryl methyl sites for hydroxylation is 1. The lowest BCUT2D eigenvalue weighted by molar-refractivity contribution is -0.157. The van der Waals surface area contributed by atoms with Crippen LogP contribution in [-0.2, 0) is 19.1 Å². The molecular weight excluding hydrogens is 382 g/mol. The molecule has 1 heterocycles. The number of hydrogen-bond donors (Lipinski definition) is 1. The molecule has 1 N–H and O–H groups in total. The molecule has 0 unspecified atom stereocenters. The number of hydrogen-bond acceptors (Lipinski definition) is 4. The molecule has 0 bridgehead atoms. The first-order chi connectivity index (χ1) is 13.7. The molecule has 152 valence electrons. The molecule has 29 heavy (non-hydrogen) atoms. The molecule has 1 aliphatic heterocycles. The van der Waals surface area contributed by atoms with E-state index in [1.807, 2.05) is 19.1 Å². The Bertz CT molecular complexity index is 946. The van der Waals surface area contributed by atoms with Gasteiger partial charge in [0.15, 0.2) is 6.10 Å². The Morgan fingerprint density at radius 3 is 2.55 bits per heavy atom. The molecule has 2 atom stereocenters. The van der Waals surface area contributed by atoms with E-state index in [9.17, 15) is 23.2 Å². The van der Waals surface area contributed by atoms with Gasteiger partial charge >= 0.3 is 5.97 Å². The van der Waals surface area contributed by atoms with Crippen LogP contribution in [0.15, 0.2) is 42.5 Å². The Morgan fingerprint density at radius 1 is 1.17 bits per heavy atom. The maximum atomic E-state index is 13.6. The second-order valence-electron chi connectivity index (χ2n) is 6.93. The highest BCUT2D eigenvalue weighted by molar-refractivity contribution is 6.00. The fourth-order valence-electron chi connectivity index (χ4n) is 2.99. The highest BCUT2D eigenvalue weighted by Gasteiger charge is 2.37. The summed E-state index contributed by atoms with van der Waals surface area (Å²) in [6.07, 6.45) is -1.27. The molecule has 0 aromatic heterocycles. The average Bonchev–Trinajstić information content (AvgIpc) is 3.07. The van der Waals surface area contributed by atoms with Crippen LogP contribution in [0, 0.1) is 24.5 Å². The number of halogens is 2. The van der Waals surface area contributed by atoms with Crippen molar-refractivity contribution in [3.63, 3.8) is 0 Å². The molecule has 2 aromatic rings. The Balaban J connectivity index is 1.59. The summed E-state index contributed by atoms with van der Waals surface area (Å²) < 4.78 is 32.0. The zero-order chi connectivity index (χ0) is 21.1. The zero-order valence-corrected chi connectivity index (χ0v) is 15.9. The van der Waals surface area contributed by atoms with Crippen molar-refractivity contribution in [2.24, 2.45) is 5.92 Å². The van der Waals surface area contributed by atoms with Gasteiger partial charge in [0, 0.05) is 24.7 Å². The van der Waals surface area contributed by atoms with E-state index in [0.29, 0.717) is 5.69 Å². The molecule has 2 amide bonds. The number of nitrogens with one attached hydrogen (secondary N) is 1. The van der Waals surface area contributed by atoms with Gasteiger partial charge in [-0.2, -0.15) is 0 Å². The number of esters is 1. The van der Waals surface area contributed by atoms with E-state index in [1.165, 1.54) is 11.8 Å². The number of nitrogens with zero attached hydrogens (tertiary/aromatic N) is 1. The Labute approximate surface area is 166 Å². The van der Waals surface area contributed by atoms with E-state index < -0.39 is 35.5 Å². The van der Waals surface area contributed by atoms with Crippen molar-refractivity contribution in [1.82, 2.24) is 0 Å². The lowest BCUT2D eigenvalue weighted by Crippen LogP contribution is -2.33. The quantitative estimate of drug-likeness (QED) is 0.780. The minimum Gasteiger partial charge on any atom is -0.452 e. The Morgan fingerprint density at radius 2 is 1.86 bits per heavy atom. The summed E-state index contributed by atoms with van der Waals surface area (Å²) in [7, 11) is 0. The largest absolute Gasteiger partial charge is 0.452 e. The average molecular weight is 402 g/mol. The monoisotopic (exact) mass is 402 g/mol. The third-order valence-electron chi connectivity index (χ3n) is 4.65. The maximum absolute atomic E-state index is 13.6. The first kappa shape index (κ1) is 20.4. The van der Waals surface area contributed by atoms with Gasteiger partial charge in [0.25, 0.3) is 5.91 Å². The van der Waals surface area contributed by atoms with Crippen LogP contribution in [-0.4, -0.2) is 30.4 Å². The molecule has 1 aliphatic rings. The number of anilines is 2. The van der Waals surface area contributed by atoms with Crippen molar-refractivity contribution >= 4 is 29.2 Å². The smallest absolute Gasteiger partial charge is 0.312 e. The van der Waals surface area contributed by atoms with Gasteiger partial charge in [0.1, 0.15) is 11.6 Å². The maximum Gasteiger partial charge on any atom is 0.312 e. The molecule has 1 fully saturated rings. The van der Waals surface area contributed by atoms with E-state index in [0.717, 1.165) is 23.8 Å². The third-order valence-corrected chi connectivity index (χ3v) is 4.65. The van der Waals surface area contributed by atoms with Crippen molar-refractivity contribution in [3.8, 4) is 0 Å². The molecule has 0 saturated carbocycles. The summed E-state index contributed by atoms with van der Waals surface area (Å²) in [5, 5.41) is 2.19. The second kappa shape index (κ2) is 8.38. The summed E-state index contributed by atoms with van der Waals surface area (Å²) in [6, 6.07) is 9.96. The van der Waals surface area contributed by atoms with Crippen molar-refractivity contribution in [1.29, 1.82) is 0 Å². The molecule has 6 nitrogen and oxygen atoms in total. The minimum absolute atomic E-state index is 0.0282. The van der Waals surface area contributed by atoms with Crippen molar-refractivity contribution in [2.75, 3.05) is 16.8 Å². The van der Waals surface area contributed by atoms with Gasteiger partial charge in [0.05, 0.1) is 11.6 Å². The van der Waals surface area contributed by atoms with Gasteiger partial charge in [-0.3, -0.25) is 14.4 Å². The predicted octanol–water partition coefficient (Wildman–Crippen LogP) is 3.20. The van der Waals surface area contributed by atoms with Crippen LogP contribution in [0.4, 0.5) is 20.2 Å². The van der Waals surface area contributed by atoms with Crippen molar-refractivity contribution < 1.29 is 27.9 Å². The van der Waals surface area contributed by atoms with Crippen LogP contribution in [0.1, 0.15) is 18.9 Å². The van der Waals surface area contributed by atoms with Gasteiger partial charge in [-0.1, -0.05) is 17.7 Å². The molecule has 0 spiro atoms. The SMILES string of the molecule is Cc1ccc(N2C[C@H](C(=O)O[C@@H](C)C(=O)Nc3cc(F)ccc3F)CC2=O)cc1. The molecule has 1 saturated heterocycles. The van der Waals surface area contributed by atoms with Gasteiger partial charge < -0.3 is 15.0 Å². The number of rotatable bonds is 5. The number of amides is 2. The van der Waals surface area contributed by atoms with Crippen molar-refractivity contribution in [2.45, 2.75) is 26.4 Å². The van der Waals surface area contributed by atoms with Gasteiger partial charge in [-0.15, -0.1) is 0 Å². The highest BCUT2D eigenvalue weighted by atomic mass is 19.1. The van der Waals surface area contributed by atoms with Crippen molar-refractivity contribution in [3.05, 3.63) is 59.7 Å². The topological polar surface area (TPSA) is 75.7 Å². The normalized spacial score (nSPS) is 17.2. The number of ether oxygens (including phenoxy) is 1. The number of carbonyl (C=O) groups is 3. The van der Waals surface area contributed by atoms with Crippen LogP contribution < -0.4 is 10.2 Å². The molecule has 2 aromatic carbocycles. The van der Waals surface area contributed by atoms with E-state index in [-0.39, 0.29) is 24.6 Å². The predicted molar refractivity (Wildman–Crippen MR) is 102 cm³/mol. The summed E-state index contributed by atoms with van der Waals surface area (Å²) in [6.45, 7) is 3.39. The van der Waals surface area contributed by atoms with Crippen LogP contribution in [0.3, 0.4) is 0 Å². The van der Waals surface area contributed by atoms with Crippen LogP contribution in [0.25, 0.3) is 0 Å².